The Morgan fingerprint density at radius 3 is 2.72 bits per heavy atom. The van der Waals surface area contributed by atoms with Crippen LogP contribution in [0.5, 0.6) is 5.75 Å². The molecule has 0 radical (unpaired) electrons. The van der Waals surface area contributed by atoms with Crippen LogP contribution in [0.3, 0.4) is 0 Å². The highest BCUT2D eigenvalue weighted by atomic mass is 127. The second-order valence-corrected chi connectivity index (χ2v) is 6.79. The zero-order valence-electron chi connectivity index (χ0n) is 15.1. The molecule has 5 nitrogen and oxygen atoms in total. The summed E-state index contributed by atoms with van der Waals surface area (Å²) in [5.41, 5.74) is 8.50. The molecule has 1 unspecified atom stereocenters. The lowest BCUT2D eigenvalue weighted by molar-refractivity contribution is 0.140. The van der Waals surface area contributed by atoms with Gasteiger partial charge in [0, 0.05) is 25.1 Å². The molecular formula is C19H30IN3O2. The third-order valence-electron chi connectivity index (χ3n) is 4.75. The number of benzene rings is 1. The smallest absolute Gasteiger partial charge is 0.191 e. The van der Waals surface area contributed by atoms with Gasteiger partial charge in [-0.3, -0.25) is 0 Å². The second kappa shape index (κ2) is 10.2. The van der Waals surface area contributed by atoms with Crippen LogP contribution in [0.2, 0.25) is 0 Å². The zero-order chi connectivity index (χ0) is 16.8. The Bertz CT molecular complexity index is 566. The number of likely N-dealkylation sites (tertiary alicyclic amines) is 1. The van der Waals surface area contributed by atoms with Crippen LogP contribution in [0.4, 0.5) is 0 Å². The molecule has 25 heavy (non-hydrogen) atoms. The van der Waals surface area contributed by atoms with Crippen molar-refractivity contribution in [2.75, 3.05) is 26.3 Å². The van der Waals surface area contributed by atoms with E-state index in [2.05, 4.69) is 35.0 Å². The number of ether oxygens (including phenoxy) is 2. The Kier molecular flexibility index (Phi) is 8.29. The lowest BCUT2D eigenvalue weighted by atomic mass is 10.1. The largest absolute Gasteiger partial charge is 0.488 e. The number of nitrogens with two attached hydrogens (primary N) is 1. The van der Waals surface area contributed by atoms with Crippen molar-refractivity contribution in [3.8, 4) is 5.75 Å². The fourth-order valence-electron chi connectivity index (χ4n) is 3.25. The first-order valence-electron chi connectivity index (χ1n) is 9.11. The molecule has 0 bridgehead atoms. The van der Waals surface area contributed by atoms with Gasteiger partial charge in [-0.1, -0.05) is 25.0 Å². The number of halogens is 1. The van der Waals surface area contributed by atoms with Crippen LogP contribution >= 0.6 is 24.0 Å². The predicted molar refractivity (Wildman–Crippen MR) is 112 cm³/mol. The van der Waals surface area contributed by atoms with Gasteiger partial charge in [-0.2, -0.15) is 0 Å². The summed E-state index contributed by atoms with van der Waals surface area (Å²) in [6.45, 7) is 6.14. The molecule has 0 spiro atoms. The molecule has 2 saturated heterocycles. The van der Waals surface area contributed by atoms with E-state index < -0.39 is 0 Å². The maximum atomic E-state index is 6.22. The van der Waals surface area contributed by atoms with Crippen molar-refractivity contribution < 1.29 is 9.47 Å². The molecule has 3 rings (SSSR count). The molecule has 0 saturated carbocycles. The molecule has 2 aliphatic rings. The highest BCUT2D eigenvalue weighted by Gasteiger charge is 2.19. The Labute approximate surface area is 168 Å². The number of rotatable bonds is 4. The molecule has 1 aromatic rings. The molecule has 2 fully saturated rings. The van der Waals surface area contributed by atoms with Gasteiger partial charge < -0.3 is 20.1 Å². The summed E-state index contributed by atoms with van der Waals surface area (Å²) < 4.78 is 11.5. The first-order valence-corrected chi connectivity index (χ1v) is 9.11. The number of aryl methyl sites for hydroxylation is 1. The highest BCUT2D eigenvalue weighted by Crippen LogP contribution is 2.24. The normalized spacial score (nSPS) is 21.6. The summed E-state index contributed by atoms with van der Waals surface area (Å²) in [7, 11) is 0. The van der Waals surface area contributed by atoms with E-state index in [4.69, 9.17) is 15.2 Å². The van der Waals surface area contributed by atoms with Crippen molar-refractivity contribution in [1.82, 2.24) is 4.90 Å². The van der Waals surface area contributed by atoms with Gasteiger partial charge >= 0.3 is 0 Å². The fraction of sp³-hybridized carbons (Fsp3) is 0.632. The molecule has 140 valence electrons. The van der Waals surface area contributed by atoms with Gasteiger partial charge in [0.25, 0.3) is 0 Å². The fourth-order valence-corrected chi connectivity index (χ4v) is 3.25. The van der Waals surface area contributed by atoms with Gasteiger partial charge in [0.1, 0.15) is 11.9 Å². The predicted octanol–water partition coefficient (Wildman–Crippen LogP) is 3.47. The van der Waals surface area contributed by atoms with Crippen molar-refractivity contribution in [1.29, 1.82) is 0 Å². The Morgan fingerprint density at radius 2 is 2.04 bits per heavy atom. The monoisotopic (exact) mass is 459 g/mol. The van der Waals surface area contributed by atoms with Crippen LogP contribution in [0.1, 0.15) is 43.2 Å². The lowest BCUT2D eigenvalue weighted by Crippen LogP contribution is -2.38. The molecule has 2 N–H and O–H groups in total. The molecule has 1 atom stereocenters. The van der Waals surface area contributed by atoms with Gasteiger partial charge in [0.2, 0.25) is 0 Å². The number of nitrogens with zero attached hydrogens (tertiary/aromatic N) is 2. The number of guanidine groups is 1. The summed E-state index contributed by atoms with van der Waals surface area (Å²) in [5, 5.41) is 0. The minimum Gasteiger partial charge on any atom is -0.488 e. The summed E-state index contributed by atoms with van der Waals surface area (Å²) in [5.74, 6) is 1.57. The molecule has 2 aliphatic heterocycles. The molecule has 1 aromatic carbocycles. The topological polar surface area (TPSA) is 60.1 Å². The first-order chi connectivity index (χ1) is 11.7. The minimum atomic E-state index is 0. The second-order valence-electron chi connectivity index (χ2n) is 6.79. The van der Waals surface area contributed by atoms with Crippen LogP contribution in [0.25, 0.3) is 0 Å². The summed E-state index contributed by atoms with van der Waals surface area (Å²) in [4.78, 5) is 6.85. The maximum Gasteiger partial charge on any atom is 0.191 e. The Balaban J connectivity index is 0.00000225. The van der Waals surface area contributed by atoms with Gasteiger partial charge in [-0.05, 0) is 31.4 Å². The Hall–Kier alpha value is -1.02. The third kappa shape index (κ3) is 6.02. The third-order valence-corrected chi connectivity index (χ3v) is 4.75. The summed E-state index contributed by atoms with van der Waals surface area (Å²) in [6, 6.07) is 6.29. The van der Waals surface area contributed by atoms with Crippen LogP contribution in [-0.2, 0) is 11.3 Å². The van der Waals surface area contributed by atoms with E-state index in [-0.39, 0.29) is 30.1 Å². The zero-order valence-corrected chi connectivity index (χ0v) is 17.4. The van der Waals surface area contributed by atoms with E-state index in [0.717, 1.165) is 37.4 Å². The SMILES string of the molecule is Cc1ccc(CN=C(N)N2CCCCCC2)c(OC2CCOC2)c1.I. The average Bonchev–Trinajstić information content (AvgIpc) is 2.93. The molecule has 0 amide bonds. The van der Waals surface area contributed by atoms with E-state index in [1.165, 1.54) is 31.2 Å². The van der Waals surface area contributed by atoms with Crippen LogP contribution in [-0.4, -0.2) is 43.3 Å². The van der Waals surface area contributed by atoms with Crippen LogP contribution in [0.15, 0.2) is 23.2 Å². The molecule has 0 aromatic heterocycles. The van der Waals surface area contributed by atoms with Crippen molar-refractivity contribution in [3.05, 3.63) is 29.3 Å². The van der Waals surface area contributed by atoms with Gasteiger partial charge in [0.15, 0.2) is 5.96 Å². The number of hydrogen-bond donors (Lipinski definition) is 1. The molecule has 0 aliphatic carbocycles. The number of hydrogen-bond acceptors (Lipinski definition) is 3. The molecule has 6 heteroatoms. The summed E-state index contributed by atoms with van der Waals surface area (Å²) in [6.07, 6.45) is 6.10. The lowest BCUT2D eigenvalue weighted by Gasteiger charge is -2.21. The van der Waals surface area contributed by atoms with Crippen LogP contribution < -0.4 is 10.5 Å². The molecule has 2 heterocycles. The quantitative estimate of drug-likeness (QED) is 0.426. The first kappa shape index (κ1) is 20.3. The van der Waals surface area contributed by atoms with E-state index in [9.17, 15) is 0 Å². The van der Waals surface area contributed by atoms with E-state index in [1.807, 2.05) is 0 Å². The van der Waals surface area contributed by atoms with E-state index in [0.29, 0.717) is 19.1 Å². The highest BCUT2D eigenvalue weighted by molar-refractivity contribution is 14.0. The van der Waals surface area contributed by atoms with Gasteiger partial charge in [-0.15, -0.1) is 24.0 Å². The maximum absolute atomic E-state index is 6.22. The van der Waals surface area contributed by atoms with Crippen LogP contribution in [0, 0.1) is 6.92 Å². The summed E-state index contributed by atoms with van der Waals surface area (Å²) >= 11 is 0. The van der Waals surface area contributed by atoms with Crippen molar-refractivity contribution in [3.63, 3.8) is 0 Å². The van der Waals surface area contributed by atoms with Gasteiger partial charge in [0.05, 0.1) is 19.8 Å². The van der Waals surface area contributed by atoms with E-state index >= 15 is 0 Å². The van der Waals surface area contributed by atoms with Crippen molar-refractivity contribution in [2.45, 2.75) is 51.7 Å². The van der Waals surface area contributed by atoms with Gasteiger partial charge in [-0.25, -0.2) is 4.99 Å². The molecular weight excluding hydrogens is 429 g/mol. The standard InChI is InChI=1S/C19H29N3O2.HI/c1-15-6-7-16(18(12-15)24-17-8-11-23-14-17)13-21-19(20)22-9-4-2-3-5-10-22;/h6-7,12,17H,2-5,8-11,13-14H2,1H3,(H2,20,21);1H. The van der Waals surface area contributed by atoms with E-state index in [1.54, 1.807) is 0 Å². The van der Waals surface area contributed by atoms with Crippen molar-refractivity contribution >= 4 is 29.9 Å². The average molecular weight is 459 g/mol. The minimum absolute atomic E-state index is 0. The van der Waals surface area contributed by atoms with Crippen molar-refractivity contribution in [2.24, 2.45) is 10.7 Å². The number of aliphatic imine (C=N–C) groups is 1. The Morgan fingerprint density at radius 1 is 1.28 bits per heavy atom.